The van der Waals surface area contributed by atoms with Crippen molar-refractivity contribution in [1.29, 1.82) is 0 Å². The van der Waals surface area contributed by atoms with Gasteiger partial charge in [0.2, 0.25) is 0 Å². The van der Waals surface area contributed by atoms with Gasteiger partial charge in [0.15, 0.2) is 5.78 Å². The van der Waals surface area contributed by atoms with Crippen molar-refractivity contribution >= 4 is 35.8 Å². The Labute approximate surface area is 196 Å². The molecule has 2 fully saturated rings. The Morgan fingerprint density at radius 1 is 1.28 bits per heavy atom. The summed E-state index contributed by atoms with van der Waals surface area (Å²) in [6.07, 6.45) is 6.62. The first kappa shape index (κ1) is 21.6. The molecule has 5 nitrogen and oxygen atoms in total. The van der Waals surface area contributed by atoms with Crippen LogP contribution < -0.4 is 0 Å². The number of ketones is 1. The Hall–Kier alpha value is -2.29. The summed E-state index contributed by atoms with van der Waals surface area (Å²) < 4.78 is 16.6. The largest absolute Gasteiger partial charge is 0.297 e. The molecule has 0 spiro atoms. The number of thiol groups is 1. The number of piperidine rings is 1. The van der Waals surface area contributed by atoms with Gasteiger partial charge < -0.3 is 0 Å². The normalized spacial score (nSPS) is 21.7. The van der Waals surface area contributed by atoms with Gasteiger partial charge >= 0.3 is 0 Å². The molecule has 2 aliphatic rings. The molecular weight excluding hydrogens is 443 g/mol. The highest BCUT2D eigenvalue weighted by atomic mass is 32.1. The molecule has 32 heavy (non-hydrogen) atoms. The molecular formula is C24H25FN4OS2. The molecule has 1 aromatic carbocycles. The smallest absolute Gasteiger partial charge is 0.157 e. The highest BCUT2D eigenvalue weighted by Crippen LogP contribution is 2.39. The number of rotatable bonds is 7. The molecule has 2 unspecified atom stereocenters. The molecule has 0 N–H and O–H groups in total. The van der Waals surface area contributed by atoms with Crippen molar-refractivity contribution in [3.05, 3.63) is 75.8 Å². The predicted molar refractivity (Wildman–Crippen MR) is 127 cm³/mol. The summed E-state index contributed by atoms with van der Waals surface area (Å²) >= 11 is 6.36. The van der Waals surface area contributed by atoms with Gasteiger partial charge in [-0.1, -0.05) is 18.2 Å². The molecule has 5 rings (SSSR count). The van der Waals surface area contributed by atoms with Crippen molar-refractivity contribution in [2.24, 2.45) is 5.92 Å². The van der Waals surface area contributed by atoms with E-state index in [0.717, 1.165) is 36.2 Å². The minimum Gasteiger partial charge on any atom is -0.297 e. The van der Waals surface area contributed by atoms with Gasteiger partial charge in [-0.25, -0.2) is 9.37 Å². The van der Waals surface area contributed by atoms with Gasteiger partial charge in [0.25, 0.3) is 0 Å². The summed E-state index contributed by atoms with van der Waals surface area (Å²) in [5.41, 5.74) is 5.24. The molecule has 0 amide bonds. The Morgan fingerprint density at radius 3 is 2.88 bits per heavy atom. The highest BCUT2D eigenvalue weighted by Gasteiger charge is 2.40. The Morgan fingerprint density at radius 2 is 2.12 bits per heavy atom. The maximum atomic E-state index is 14.7. The first-order chi connectivity index (χ1) is 15.6. The lowest BCUT2D eigenvalue weighted by Crippen LogP contribution is -2.42. The van der Waals surface area contributed by atoms with Gasteiger partial charge in [-0.2, -0.15) is 17.7 Å². The molecule has 1 aliphatic heterocycles. The summed E-state index contributed by atoms with van der Waals surface area (Å²) in [5, 5.41) is 6.76. The average Bonchev–Trinajstić information content (AvgIpc) is 3.35. The van der Waals surface area contributed by atoms with Crippen molar-refractivity contribution in [3.8, 4) is 0 Å². The number of aromatic nitrogens is 3. The fraction of sp³-hybridized carbons (Fsp3) is 0.375. The van der Waals surface area contributed by atoms with Crippen molar-refractivity contribution in [2.45, 2.75) is 37.1 Å². The van der Waals surface area contributed by atoms with E-state index in [2.05, 4.69) is 21.1 Å². The maximum Gasteiger partial charge on any atom is 0.157 e. The number of nitrogens with zero attached hydrogens (tertiary/aromatic N) is 4. The third kappa shape index (κ3) is 4.72. The lowest BCUT2D eigenvalue weighted by atomic mass is 9.93. The van der Waals surface area contributed by atoms with E-state index in [9.17, 15) is 9.18 Å². The average molecular weight is 469 g/mol. The fourth-order valence-corrected chi connectivity index (χ4v) is 5.11. The Bertz CT molecular complexity index is 1120. The lowest BCUT2D eigenvalue weighted by molar-refractivity contribution is -0.126. The first-order valence-corrected chi connectivity index (χ1v) is 12.4. The molecule has 1 saturated carbocycles. The summed E-state index contributed by atoms with van der Waals surface area (Å²) in [4.78, 5) is 19.6. The summed E-state index contributed by atoms with van der Waals surface area (Å²) in [5.74, 6) is -0.118. The van der Waals surface area contributed by atoms with Gasteiger partial charge in [0.1, 0.15) is 5.82 Å². The number of halogens is 1. The van der Waals surface area contributed by atoms with E-state index in [-0.39, 0.29) is 22.8 Å². The van der Waals surface area contributed by atoms with E-state index in [4.69, 9.17) is 12.6 Å². The summed E-state index contributed by atoms with van der Waals surface area (Å²) in [6.45, 7) is 1.92. The summed E-state index contributed by atoms with van der Waals surface area (Å²) in [7, 11) is 0. The van der Waals surface area contributed by atoms with Crippen LogP contribution in [0.3, 0.4) is 0 Å². The van der Waals surface area contributed by atoms with Crippen molar-refractivity contribution in [3.63, 3.8) is 0 Å². The van der Waals surface area contributed by atoms with Gasteiger partial charge in [-0.05, 0) is 43.0 Å². The fourth-order valence-electron chi connectivity index (χ4n) is 4.29. The molecule has 0 radical (unpaired) electrons. The van der Waals surface area contributed by atoms with Crippen LogP contribution >= 0.6 is 24.0 Å². The van der Waals surface area contributed by atoms with Crippen LogP contribution in [0.25, 0.3) is 6.08 Å². The van der Waals surface area contributed by atoms with Gasteiger partial charge in [-0.15, -0.1) is 11.3 Å². The molecule has 2 aromatic heterocycles. The SMILES string of the molecule is O=C(C1CC1)C(c1ccccc1F)N1CCC(S)/C(=C\c2ccn(Cc3cscn3)n2)C1. The van der Waals surface area contributed by atoms with Gasteiger partial charge in [0.05, 0.1) is 29.5 Å². The molecule has 166 valence electrons. The number of carbonyl (C=O) groups excluding carboxylic acids is 1. The van der Waals surface area contributed by atoms with Gasteiger partial charge in [0, 0.05) is 41.4 Å². The van der Waals surface area contributed by atoms with E-state index in [1.807, 2.05) is 33.9 Å². The monoisotopic (exact) mass is 468 g/mol. The van der Waals surface area contributed by atoms with Gasteiger partial charge in [-0.3, -0.25) is 14.4 Å². The number of Topliss-reactive ketones (excluding diaryl/α,β-unsaturated/α-hetero) is 1. The first-order valence-electron chi connectivity index (χ1n) is 10.9. The van der Waals surface area contributed by atoms with Crippen LogP contribution in [0.1, 0.15) is 42.3 Å². The number of hydrogen-bond donors (Lipinski definition) is 1. The quantitative estimate of drug-likeness (QED) is 0.514. The van der Waals surface area contributed by atoms with Crippen LogP contribution in [0.2, 0.25) is 0 Å². The maximum absolute atomic E-state index is 14.7. The highest BCUT2D eigenvalue weighted by molar-refractivity contribution is 7.81. The molecule has 1 aliphatic carbocycles. The van der Waals surface area contributed by atoms with Crippen LogP contribution in [-0.2, 0) is 11.3 Å². The van der Waals surface area contributed by atoms with Crippen LogP contribution in [-0.4, -0.2) is 43.8 Å². The summed E-state index contributed by atoms with van der Waals surface area (Å²) in [6, 6.07) is 8.10. The predicted octanol–water partition coefficient (Wildman–Crippen LogP) is 4.63. The molecule has 2 atom stereocenters. The molecule has 8 heteroatoms. The van der Waals surface area contributed by atoms with E-state index in [0.29, 0.717) is 25.2 Å². The zero-order valence-corrected chi connectivity index (χ0v) is 19.3. The van der Waals surface area contributed by atoms with Crippen LogP contribution in [0.5, 0.6) is 0 Å². The van der Waals surface area contributed by atoms with E-state index < -0.39 is 6.04 Å². The minimum absolute atomic E-state index is 0.0576. The van der Waals surface area contributed by atoms with E-state index >= 15 is 0 Å². The number of benzene rings is 1. The van der Waals surface area contributed by atoms with Crippen LogP contribution in [0, 0.1) is 11.7 Å². The molecule has 3 aromatic rings. The third-order valence-corrected chi connectivity index (χ3v) is 7.34. The lowest BCUT2D eigenvalue weighted by Gasteiger charge is -2.37. The Kier molecular flexibility index (Phi) is 6.26. The zero-order valence-electron chi connectivity index (χ0n) is 17.6. The topological polar surface area (TPSA) is 51.0 Å². The van der Waals surface area contributed by atoms with Crippen molar-refractivity contribution in [2.75, 3.05) is 13.1 Å². The van der Waals surface area contributed by atoms with E-state index in [1.165, 1.54) is 6.07 Å². The second-order valence-corrected chi connectivity index (χ2v) is 9.85. The molecule has 0 bridgehead atoms. The van der Waals surface area contributed by atoms with Crippen LogP contribution in [0.4, 0.5) is 4.39 Å². The molecule has 3 heterocycles. The number of thiazole rings is 1. The number of carbonyl (C=O) groups is 1. The zero-order chi connectivity index (χ0) is 22.1. The number of likely N-dealkylation sites (tertiary alicyclic amines) is 1. The van der Waals surface area contributed by atoms with Crippen molar-refractivity contribution < 1.29 is 9.18 Å². The van der Waals surface area contributed by atoms with Crippen molar-refractivity contribution in [1.82, 2.24) is 19.7 Å². The standard InChI is InChI=1S/C24H25FN4OS2/c25-21-4-2-1-3-20(21)23(24(30)16-5-6-16)28-9-8-22(31)17(12-28)11-18-7-10-29(27-18)13-19-14-32-15-26-19/h1-4,7,10-11,14-16,22-23,31H,5-6,8-9,12-13H2/b17-11-. The van der Waals surface area contributed by atoms with Crippen LogP contribution in [0.15, 0.2) is 53.0 Å². The second kappa shape index (κ2) is 9.29. The Balaban J connectivity index is 1.38. The number of hydrogen-bond acceptors (Lipinski definition) is 6. The third-order valence-electron chi connectivity index (χ3n) is 6.12. The van der Waals surface area contributed by atoms with E-state index in [1.54, 1.807) is 23.5 Å². The minimum atomic E-state index is -0.546. The second-order valence-electron chi connectivity index (χ2n) is 8.51. The molecule has 1 saturated heterocycles.